The van der Waals surface area contributed by atoms with Gasteiger partial charge in [0, 0.05) is 20.2 Å². The van der Waals surface area contributed by atoms with E-state index in [0.717, 1.165) is 0 Å². The monoisotopic (exact) mass is 201 g/mol. The summed E-state index contributed by atoms with van der Waals surface area (Å²) >= 11 is 0. The first-order valence-corrected chi connectivity index (χ1v) is 4.73. The molecule has 1 saturated carbocycles. The molecule has 5 heteroatoms. The van der Waals surface area contributed by atoms with Crippen molar-refractivity contribution >= 4 is 5.97 Å². The van der Waals surface area contributed by atoms with Crippen molar-refractivity contribution in [3.63, 3.8) is 0 Å². The molecule has 0 aromatic carbocycles. The molecule has 2 fully saturated rings. The Labute approximate surface area is 82.1 Å². The average Bonchev–Trinajstić information content (AvgIpc) is 1.99. The number of rotatable bonds is 3. The Hall–Kier alpha value is -0.650. The Morgan fingerprint density at radius 3 is 2.36 bits per heavy atom. The van der Waals surface area contributed by atoms with Gasteiger partial charge >= 0.3 is 5.97 Å². The summed E-state index contributed by atoms with van der Waals surface area (Å²) in [7, 11) is 1.57. The molecule has 0 aromatic rings. The molecule has 0 atom stereocenters. The normalized spacial score (nSPS) is 39.7. The second kappa shape index (κ2) is 2.92. The first kappa shape index (κ1) is 9.89. The standard InChI is InChI=1S/C9H15NO4/c1-14-6-2-8(3-6,7(11)12)9(13)4-10-5-9/h6,10,13H,2-5H2,1H3,(H,11,12). The van der Waals surface area contributed by atoms with Crippen LogP contribution in [-0.2, 0) is 9.53 Å². The predicted octanol–water partition coefficient (Wildman–Crippen LogP) is -0.799. The van der Waals surface area contributed by atoms with Crippen LogP contribution in [0.3, 0.4) is 0 Å². The van der Waals surface area contributed by atoms with Crippen molar-refractivity contribution in [2.45, 2.75) is 24.5 Å². The van der Waals surface area contributed by atoms with Gasteiger partial charge in [-0.3, -0.25) is 4.79 Å². The summed E-state index contributed by atoms with van der Waals surface area (Å²) in [6.45, 7) is 0.742. The number of hydrogen-bond donors (Lipinski definition) is 3. The van der Waals surface area contributed by atoms with Gasteiger partial charge < -0.3 is 20.3 Å². The van der Waals surface area contributed by atoms with Gasteiger partial charge in [-0.05, 0) is 12.8 Å². The van der Waals surface area contributed by atoms with Crippen LogP contribution in [0, 0.1) is 5.41 Å². The SMILES string of the molecule is COC1CC(C(=O)O)(C2(O)CNC2)C1. The summed E-state index contributed by atoms with van der Waals surface area (Å²) in [6, 6.07) is 0. The van der Waals surface area contributed by atoms with E-state index in [4.69, 9.17) is 9.84 Å². The largest absolute Gasteiger partial charge is 0.481 e. The zero-order chi connectivity index (χ0) is 10.4. The number of carbonyl (C=O) groups is 1. The Morgan fingerprint density at radius 1 is 1.50 bits per heavy atom. The Morgan fingerprint density at radius 2 is 2.07 bits per heavy atom. The maximum atomic E-state index is 11.2. The third-order valence-corrected chi connectivity index (χ3v) is 3.62. The highest BCUT2D eigenvalue weighted by Crippen LogP contribution is 2.52. The van der Waals surface area contributed by atoms with Gasteiger partial charge in [0.15, 0.2) is 0 Å². The van der Waals surface area contributed by atoms with E-state index in [-0.39, 0.29) is 6.10 Å². The number of nitrogens with one attached hydrogen (secondary N) is 1. The van der Waals surface area contributed by atoms with Gasteiger partial charge in [0.05, 0.1) is 6.10 Å². The van der Waals surface area contributed by atoms with E-state index < -0.39 is 17.0 Å². The minimum Gasteiger partial charge on any atom is -0.481 e. The lowest BCUT2D eigenvalue weighted by Gasteiger charge is -2.57. The quantitative estimate of drug-likeness (QED) is 0.557. The highest BCUT2D eigenvalue weighted by Gasteiger charge is 2.65. The van der Waals surface area contributed by atoms with Crippen molar-refractivity contribution in [2.24, 2.45) is 5.41 Å². The Balaban J connectivity index is 2.14. The van der Waals surface area contributed by atoms with Crippen LogP contribution < -0.4 is 5.32 Å². The van der Waals surface area contributed by atoms with Gasteiger partial charge in [0.2, 0.25) is 0 Å². The fourth-order valence-corrected chi connectivity index (χ4v) is 2.34. The lowest BCUT2D eigenvalue weighted by atomic mass is 9.55. The molecular weight excluding hydrogens is 186 g/mol. The lowest BCUT2D eigenvalue weighted by Crippen LogP contribution is -2.74. The minimum absolute atomic E-state index is 0.0178. The maximum absolute atomic E-state index is 11.2. The maximum Gasteiger partial charge on any atom is 0.312 e. The molecule has 80 valence electrons. The first-order valence-electron chi connectivity index (χ1n) is 4.73. The van der Waals surface area contributed by atoms with Crippen molar-refractivity contribution in [1.82, 2.24) is 5.32 Å². The highest BCUT2D eigenvalue weighted by atomic mass is 16.5. The van der Waals surface area contributed by atoms with Gasteiger partial charge in [-0.25, -0.2) is 0 Å². The van der Waals surface area contributed by atoms with Crippen molar-refractivity contribution in [3.8, 4) is 0 Å². The number of aliphatic carboxylic acids is 1. The molecule has 0 amide bonds. The van der Waals surface area contributed by atoms with Crippen molar-refractivity contribution in [3.05, 3.63) is 0 Å². The first-order chi connectivity index (χ1) is 6.54. The average molecular weight is 201 g/mol. The van der Waals surface area contributed by atoms with Gasteiger partial charge in [0.1, 0.15) is 11.0 Å². The number of ether oxygens (including phenoxy) is 1. The van der Waals surface area contributed by atoms with Crippen LogP contribution in [0.5, 0.6) is 0 Å². The Bertz CT molecular complexity index is 256. The molecule has 0 aromatic heterocycles. The molecule has 1 aliphatic heterocycles. The van der Waals surface area contributed by atoms with Crippen LogP contribution in [0.4, 0.5) is 0 Å². The number of carboxylic acid groups (broad SMARTS) is 1. The third kappa shape index (κ3) is 1.03. The van der Waals surface area contributed by atoms with E-state index in [9.17, 15) is 9.90 Å². The Kier molecular flexibility index (Phi) is 2.06. The number of carboxylic acids is 1. The van der Waals surface area contributed by atoms with Crippen molar-refractivity contribution in [2.75, 3.05) is 20.2 Å². The van der Waals surface area contributed by atoms with Crippen LogP contribution in [0.2, 0.25) is 0 Å². The van der Waals surface area contributed by atoms with Gasteiger partial charge in [-0.15, -0.1) is 0 Å². The molecule has 2 rings (SSSR count). The summed E-state index contributed by atoms with van der Waals surface area (Å²) in [4.78, 5) is 11.2. The molecule has 1 aliphatic carbocycles. The predicted molar refractivity (Wildman–Crippen MR) is 47.9 cm³/mol. The minimum atomic E-state index is -1.08. The van der Waals surface area contributed by atoms with E-state index in [1.54, 1.807) is 7.11 Å². The van der Waals surface area contributed by atoms with E-state index >= 15 is 0 Å². The summed E-state index contributed by atoms with van der Waals surface area (Å²) < 4.78 is 5.06. The van der Waals surface area contributed by atoms with Crippen molar-refractivity contribution < 1.29 is 19.7 Å². The molecule has 14 heavy (non-hydrogen) atoms. The molecule has 0 unspecified atom stereocenters. The van der Waals surface area contributed by atoms with Crippen LogP contribution in [0.15, 0.2) is 0 Å². The summed E-state index contributed by atoms with van der Waals surface area (Å²) in [6.07, 6.45) is 0.810. The number of methoxy groups -OCH3 is 1. The zero-order valence-corrected chi connectivity index (χ0v) is 8.12. The zero-order valence-electron chi connectivity index (χ0n) is 8.12. The second-order valence-corrected chi connectivity index (χ2v) is 4.29. The van der Waals surface area contributed by atoms with Gasteiger partial charge in [0.25, 0.3) is 0 Å². The molecule has 0 bridgehead atoms. The van der Waals surface area contributed by atoms with E-state index in [2.05, 4.69) is 5.32 Å². The number of hydrogen-bond acceptors (Lipinski definition) is 4. The lowest BCUT2D eigenvalue weighted by molar-refractivity contribution is -0.217. The molecule has 3 N–H and O–H groups in total. The van der Waals surface area contributed by atoms with Gasteiger partial charge in [-0.2, -0.15) is 0 Å². The van der Waals surface area contributed by atoms with E-state index in [1.807, 2.05) is 0 Å². The molecular formula is C9H15NO4. The molecule has 2 aliphatic rings. The molecule has 1 saturated heterocycles. The summed E-state index contributed by atoms with van der Waals surface area (Å²) in [5.41, 5.74) is -2.06. The van der Waals surface area contributed by atoms with E-state index in [1.165, 1.54) is 0 Å². The summed E-state index contributed by atoms with van der Waals surface area (Å²) in [5.74, 6) is -0.908. The van der Waals surface area contributed by atoms with Crippen LogP contribution in [-0.4, -0.2) is 48.1 Å². The fourth-order valence-electron chi connectivity index (χ4n) is 2.34. The van der Waals surface area contributed by atoms with Crippen LogP contribution in [0.1, 0.15) is 12.8 Å². The highest BCUT2D eigenvalue weighted by molar-refractivity contribution is 5.78. The fraction of sp³-hybridized carbons (Fsp3) is 0.889. The van der Waals surface area contributed by atoms with Crippen LogP contribution >= 0.6 is 0 Å². The molecule has 0 radical (unpaired) electrons. The summed E-state index contributed by atoms with van der Waals surface area (Å²) in [5, 5.41) is 22.1. The molecule has 5 nitrogen and oxygen atoms in total. The second-order valence-electron chi connectivity index (χ2n) is 4.29. The van der Waals surface area contributed by atoms with Crippen molar-refractivity contribution in [1.29, 1.82) is 0 Å². The molecule has 1 heterocycles. The topological polar surface area (TPSA) is 78.8 Å². The molecule has 0 spiro atoms. The van der Waals surface area contributed by atoms with E-state index in [0.29, 0.717) is 25.9 Å². The number of aliphatic hydroxyl groups is 1. The smallest absolute Gasteiger partial charge is 0.312 e. The van der Waals surface area contributed by atoms with Gasteiger partial charge in [-0.1, -0.05) is 0 Å². The van der Waals surface area contributed by atoms with Crippen LogP contribution in [0.25, 0.3) is 0 Å². The third-order valence-electron chi connectivity index (χ3n) is 3.62. The number of β-amino-alcohol motifs (C(OH)–C–C–N with tert-alkyl or cyclic N) is 1.